The summed E-state index contributed by atoms with van der Waals surface area (Å²) < 4.78 is 0. The van der Waals surface area contributed by atoms with Crippen molar-refractivity contribution in [3.63, 3.8) is 0 Å². The van der Waals surface area contributed by atoms with E-state index in [1.807, 2.05) is 0 Å². The first-order valence-corrected chi connectivity index (χ1v) is 7.02. The van der Waals surface area contributed by atoms with E-state index < -0.39 is 5.97 Å². The second-order valence-electron chi connectivity index (χ2n) is 5.42. The topological polar surface area (TPSA) is 91.5 Å². The van der Waals surface area contributed by atoms with Gasteiger partial charge >= 0.3 is 5.97 Å². The molecule has 1 aliphatic heterocycles. The standard InChI is InChI=1S/C14H22N4O2/c1-10(9-18-6-2-3-7-18)8-17-13-12(15)11(14(19)20)4-5-16-13/h4-5,10H,2-3,6-9,15H2,1H3,(H,16,17)(H,19,20). The number of nitrogens with zero attached hydrogens (tertiary/aromatic N) is 2. The number of nitrogens with one attached hydrogen (secondary N) is 1. The lowest BCUT2D eigenvalue weighted by molar-refractivity contribution is 0.0698. The van der Waals surface area contributed by atoms with Gasteiger partial charge in [0, 0.05) is 19.3 Å². The predicted molar refractivity (Wildman–Crippen MR) is 78.9 cm³/mol. The van der Waals surface area contributed by atoms with Crippen LogP contribution in [0.2, 0.25) is 0 Å². The Morgan fingerprint density at radius 2 is 2.25 bits per heavy atom. The van der Waals surface area contributed by atoms with E-state index in [-0.39, 0.29) is 11.3 Å². The molecule has 4 N–H and O–H groups in total. The van der Waals surface area contributed by atoms with Crippen molar-refractivity contribution < 1.29 is 9.90 Å². The van der Waals surface area contributed by atoms with Gasteiger partial charge in [0.25, 0.3) is 0 Å². The Hall–Kier alpha value is -1.82. The second kappa shape index (κ2) is 6.56. The first-order chi connectivity index (χ1) is 9.58. The molecule has 0 aromatic carbocycles. The lowest BCUT2D eigenvalue weighted by atomic mass is 10.1. The van der Waals surface area contributed by atoms with Crippen molar-refractivity contribution in [2.24, 2.45) is 5.92 Å². The smallest absolute Gasteiger partial charge is 0.337 e. The third-order valence-corrected chi connectivity index (χ3v) is 3.61. The second-order valence-corrected chi connectivity index (χ2v) is 5.42. The molecule has 1 saturated heterocycles. The summed E-state index contributed by atoms with van der Waals surface area (Å²) in [4.78, 5) is 17.6. The number of aromatic nitrogens is 1. The van der Waals surface area contributed by atoms with Gasteiger partial charge in [0.05, 0.1) is 11.3 Å². The molecule has 0 radical (unpaired) electrons. The Balaban J connectivity index is 1.90. The Kier molecular flexibility index (Phi) is 4.79. The average Bonchev–Trinajstić information content (AvgIpc) is 2.90. The van der Waals surface area contributed by atoms with Crippen LogP contribution in [0.3, 0.4) is 0 Å². The van der Waals surface area contributed by atoms with Gasteiger partial charge in [-0.2, -0.15) is 0 Å². The van der Waals surface area contributed by atoms with Gasteiger partial charge in [-0.05, 0) is 37.9 Å². The molecule has 0 aliphatic carbocycles. The molecule has 6 heteroatoms. The minimum absolute atomic E-state index is 0.0923. The van der Waals surface area contributed by atoms with Crippen molar-refractivity contribution in [3.05, 3.63) is 17.8 Å². The fourth-order valence-electron chi connectivity index (χ4n) is 2.54. The third-order valence-electron chi connectivity index (χ3n) is 3.61. The first kappa shape index (κ1) is 14.6. The molecule has 1 unspecified atom stereocenters. The molecule has 1 aromatic rings. The van der Waals surface area contributed by atoms with Crippen LogP contribution in [0.5, 0.6) is 0 Å². The van der Waals surface area contributed by atoms with E-state index in [0.717, 1.165) is 13.1 Å². The number of rotatable bonds is 6. The number of nitrogen functional groups attached to an aromatic ring is 1. The highest BCUT2D eigenvalue weighted by atomic mass is 16.4. The molecule has 1 aromatic heterocycles. The summed E-state index contributed by atoms with van der Waals surface area (Å²) in [6.45, 7) is 6.31. The maximum absolute atomic E-state index is 11.0. The van der Waals surface area contributed by atoms with Crippen LogP contribution in [-0.2, 0) is 0 Å². The van der Waals surface area contributed by atoms with E-state index in [4.69, 9.17) is 10.8 Å². The number of carboxylic acids is 1. The minimum Gasteiger partial charge on any atom is -0.478 e. The number of carboxylic acid groups (broad SMARTS) is 1. The lowest BCUT2D eigenvalue weighted by Crippen LogP contribution is -2.29. The van der Waals surface area contributed by atoms with Crippen LogP contribution in [0.1, 0.15) is 30.1 Å². The van der Waals surface area contributed by atoms with Gasteiger partial charge < -0.3 is 21.1 Å². The number of aromatic carboxylic acids is 1. The SMILES string of the molecule is CC(CNc1nccc(C(=O)O)c1N)CN1CCCC1. The number of likely N-dealkylation sites (tertiary alicyclic amines) is 1. The molecule has 20 heavy (non-hydrogen) atoms. The molecule has 110 valence electrons. The zero-order valence-corrected chi connectivity index (χ0v) is 11.8. The van der Waals surface area contributed by atoms with Gasteiger partial charge in [0.1, 0.15) is 5.82 Å². The van der Waals surface area contributed by atoms with Gasteiger partial charge in [-0.1, -0.05) is 6.92 Å². The molecule has 1 fully saturated rings. The van der Waals surface area contributed by atoms with Gasteiger partial charge in [0.15, 0.2) is 0 Å². The highest BCUT2D eigenvalue weighted by Crippen LogP contribution is 2.20. The Morgan fingerprint density at radius 3 is 2.90 bits per heavy atom. The molecule has 1 aliphatic rings. The Labute approximate surface area is 119 Å². The molecule has 0 bridgehead atoms. The molecule has 2 rings (SSSR count). The molecular formula is C14H22N4O2. The molecule has 0 amide bonds. The summed E-state index contributed by atoms with van der Waals surface area (Å²) in [7, 11) is 0. The maximum atomic E-state index is 11.0. The van der Waals surface area contributed by atoms with E-state index in [0.29, 0.717) is 11.7 Å². The van der Waals surface area contributed by atoms with Gasteiger partial charge in [0.2, 0.25) is 0 Å². The van der Waals surface area contributed by atoms with Crippen LogP contribution in [0.4, 0.5) is 11.5 Å². The van der Waals surface area contributed by atoms with Crippen molar-refractivity contribution in [1.29, 1.82) is 0 Å². The van der Waals surface area contributed by atoms with E-state index >= 15 is 0 Å². The largest absolute Gasteiger partial charge is 0.478 e. The molecule has 0 spiro atoms. The van der Waals surface area contributed by atoms with Crippen molar-refractivity contribution in [2.45, 2.75) is 19.8 Å². The summed E-state index contributed by atoms with van der Waals surface area (Å²) in [6, 6.07) is 1.41. The zero-order chi connectivity index (χ0) is 14.5. The fourth-order valence-corrected chi connectivity index (χ4v) is 2.54. The van der Waals surface area contributed by atoms with Crippen molar-refractivity contribution in [1.82, 2.24) is 9.88 Å². The van der Waals surface area contributed by atoms with Crippen LogP contribution >= 0.6 is 0 Å². The van der Waals surface area contributed by atoms with E-state index in [1.54, 1.807) is 0 Å². The van der Waals surface area contributed by atoms with Crippen molar-refractivity contribution in [2.75, 3.05) is 37.2 Å². The van der Waals surface area contributed by atoms with Crippen LogP contribution in [0.25, 0.3) is 0 Å². The van der Waals surface area contributed by atoms with Crippen LogP contribution < -0.4 is 11.1 Å². The first-order valence-electron chi connectivity index (χ1n) is 7.02. The fraction of sp³-hybridized carbons (Fsp3) is 0.571. The number of carbonyl (C=O) groups is 1. The van der Waals surface area contributed by atoms with Crippen molar-refractivity contribution in [3.8, 4) is 0 Å². The summed E-state index contributed by atoms with van der Waals surface area (Å²) in [5, 5.41) is 12.2. The summed E-state index contributed by atoms with van der Waals surface area (Å²) in [6.07, 6.45) is 4.04. The van der Waals surface area contributed by atoms with Crippen LogP contribution in [0, 0.1) is 5.92 Å². The normalized spacial score (nSPS) is 17.1. The van der Waals surface area contributed by atoms with Crippen molar-refractivity contribution >= 4 is 17.5 Å². The Morgan fingerprint density at radius 1 is 1.55 bits per heavy atom. The number of nitrogens with two attached hydrogens (primary N) is 1. The molecule has 6 nitrogen and oxygen atoms in total. The number of hydrogen-bond acceptors (Lipinski definition) is 5. The summed E-state index contributed by atoms with van der Waals surface area (Å²) >= 11 is 0. The lowest BCUT2D eigenvalue weighted by Gasteiger charge is -2.21. The van der Waals surface area contributed by atoms with Gasteiger partial charge in [-0.15, -0.1) is 0 Å². The highest BCUT2D eigenvalue weighted by Gasteiger charge is 2.16. The van der Waals surface area contributed by atoms with E-state index in [2.05, 4.69) is 22.1 Å². The summed E-state index contributed by atoms with van der Waals surface area (Å²) in [5.41, 5.74) is 6.11. The van der Waals surface area contributed by atoms with Crippen LogP contribution in [-0.4, -0.2) is 47.1 Å². The predicted octanol–water partition coefficient (Wildman–Crippen LogP) is 1.51. The Bertz CT molecular complexity index is 472. The third kappa shape index (κ3) is 3.60. The molecular weight excluding hydrogens is 256 g/mol. The summed E-state index contributed by atoms with van der Waals surface area (Å²) in [5.74, 6) is -0.112. The quantitative estimate of drug-likeness (QED) is 0.730. The molecule has 0 saturated carbocycles. The number of anilines is 2. The molecule has 2 heterocycles. The number of hydrogen-bond donors (Lipinski definition) is 3. The zero-order valence-electron chi connectivity index (χ0n) is 11.8. The molecule has 1 atom stereocenters. The van der Waals surface area contributed by atoms with E-state index in [9.17, 15) is 4.79 Å². The van der Waals surface area contributed by atoms with Gasteiger partial charge in [-0.3, -0.25) is 0 Å². The maximum Gasteiger partial charge on any atom is 0.337 e. The van der Waals surface area contributed by atoms with E-state index in [1.165, 1.54) is 38.2 Å². The number of pyridine rings is 1. The van der Waals surface area contributed by atoms with Crippen LogP contribution in [0.15, 0.2) is 12.3 Å². The minimum atomic E-state index is -1.03. The average molecular weight is 278 g/mol. The van der Waals surface area contributed by atoms with Gasteiger partial charge in [-0.25, -0.2) is 9.78 Å². The highest BCUT2D eigenvalue weighted by molar-refractivity contribution is 5.96. The monoisotopic (exact) mass is 278 g/mol.